The zero-order valence-electron chi connectivity index (χ0n) is 8.68. The third kappa shape index (κ3) is 1.90. The van der Waals surface area contributed by atoms with Gasteiger partial charge in [-0.3, -0.25) is 4.79 Å². The molecule has 2 fully saturated rings. The van der Waals surface area contributed by atoms with Crippen molar-refractivity contribution < 1.29 is 4.79 Å². The summed E-state index contributed by atoms with van der Waals surface area (Å²) < 4.78 is 0. The molecule has 2 nitrogen and oxygen atoms in total. The van der Waals surface area contributed by atoms with E-state index in [4.69, 9.17) is 11.6 Å². The Hall–Kier alpha value is -0.240. The second kappa shape index (κ2) is 3.73. The first-order valence-corrected chi connectivity index (χ1v) is 6.08. The van der Waals surface area contributed by atoms with Gasteiger partial charge < -0.3 is 5.32 Å². The minimum atomic E-state index is -0.0268. The van der Waals surface area contributed by atoms with E-state index in [9.17, 15) is 4.79 Å². The van der Waals surface area contributed by atoms with Crippen LogP contribution in [0.1, 0.15) is 39.0 Å². The van der Waals surface area contributed by atoms with Gasteiger partial charge in [-0.2, -0.15) is 0 Å². The van der Waals surface area contributed by atoms with Crippen molar-refractivity contribution in [2.45, 2.75) is 44.6 Å². The Morgan fingerprint density at radius 1 is 1.50 bits per heavy atom. The summed E-state index contributed by atoms with van der Waals surface area (Å²) in [7, 11) is 0. The number of nitrogens with one attached hydrogen (secondary N) is 1. The van der Waals surface area contributed by atoms with Crippen LogP contribution in [0.5, 0.6) is 0 Å². The van der Waals surface area contributed by atoms with Crippen LogP contribution < -0.4 is 5.32 Å². The number of carbonyl (C=O) groups excluding carboxylic acids is 1. The third-order valence-electron chi connectivity index (χ3n) is 3.70. The van der Waals surface area contributed by atoms with Crippen LogP contribution in [-0.2, 0) is 4.79 Å². The topological polar surface area (TPSA) is 29.1 Å². The van der Waals surface area contributed by atoms with Crippen LogP contribution in [0.25, 0.3) is 0 Å². The highest BCUT2D eigenvalue weighted by atomic mass is 35.5. The number of halogens is 1. The molecule has 2 unspecified atom stereocenters. The Labute approximate surface area is 90.4 Å². The molecular weight excluding hydrogens is 198 g/mol. The lowest BCUT2D eigenvalue weighted by Gasteiger charge is -2.20. The number of alkyl halides is 1. The first-order chi connectivity index (χ1) is 6.67. The van der Waals surface area contributed by atoms with Crippen LogP contribution in [0, 0.1) is 11.8 Å². The summed E-state index contributed by atoms with van der Waals surface area (Å²) >= 11 is 5.83. The Morgan fingerprint density at radius 2 is 2.21 bits per heavy atom. The van der Waals surface area contributed by atoms with Gasteiger partial charge in [0, 0.05) is 11.8 Å². The minimum Gasteiger partial charge on any atom is -0.349 e. The fraction of sp³-hybridized carbons (Fsp3) is 0.909. The van der Waals surface area contributed by atoms with E-state index in [0.29, 0.717) is 11.8 Å². The van der Waals surface area contributed by atoms with E-state index in [-0.39, 0.29) is 17.4 Å². The van der Waals surface area contributed by atoms with Crippen LogP contribution in [0.4, 0.5) is 0 Å². The fourth-order valence-corrected chi connectivity index (χ4v) is 2.67. The normalized spacial score (nSPS) is 34.1. The van der Waals surface area contributed by atoms with Crippen molar-refractivity contribution in [3.8, 4) is 0 Å². The highest BCUT2D eigenvalue weighted by Crippen LogP contribution is 2.38. The molecule has 0 radical (unpaired) electrons. The molecule has 2 aliphatic rings. The SMILES string of the molecule is CC1CCCC1C(=O)NC1(CCl)CC1. The van der Waals surface area contributed by atoms with Gasteiger partial charge in [-0.15, -0.1) is 11.6 Å². The van der Waals surface area contributed by atoms with Crippen LogP contribution in [0.15, 0.2) is 0 Å². The molecule has 0 aliphatic heterocycles. The minimum absolute atomic E-state index is 0.0268. The first kappa shape index (κ1) is 10.3. The summed E-state index contributed by atoms with van der Waals surface area (Å²) in [6.45, 7) is 2.18. The van der Waals surface area contributed by atoms with Gasteiger partial charge in [-0.05, 0) is 31.6 Å². The molecule has 1 N–H and O–H groups in total. The number of carbonyl (C=O) groups is 1. The van der Waals surface area contributed by atoms with E-state index >= 15 is 0 Å². The van der Waals surface area contributed by atoms with Crippen molar-refractivity contribution in [2.75, 3.05) is 5.88 Å². The fourth-order valence-electron chi connectivity index (χ4n) is 2.33. The number of amides is 1. The van der Waals surface area contributed by atoms with Gasteiger partial charge in [0.05, 0.1) is 5.54 Å². The van der Waals surface area contributed by atoms with Gasteiger partial charge >= 0.3 is 0 Å². The molecular formula is C11H18ClNO. The Balaban J connectivity index is 1.89. The first-order valence-electron chi connectivity index (χ1n) is 5.55. The van der Waals surface area contributed by atoms with E-state index in [0.717, 1.165) is 19.3 Å². The van der Waals surface area contributed by atoms with E-state index in [1.54, 1.807) is 0 Å². The van der Waals surface area contributed by atoms with Crippen molar-refractivity contribution in [2.24, 2.45) is 11.8 Å². The summed E-state index contributed by atoms with van der Waals surface area (Å²) in [4.78, 5) is 11.9. The van der Waals surface area contributed by atoms with Gasteiger partial charge in [0.1, 0.15) is 0 Å². The van der Waals surface area contributed by atoms with Crippen LogP contribution >= 0.6 is 11.6 Å². The van der Waals surface area contributed by atoms with Gasteiger partial charge in [0.25, 0.3) is 0 Å². The lowest BCUT2D eigenvalue weighted by molar-refractivity contribution is -0.126. The van der Waals surface area contributed by atoms with Gasteiger partial charge in [0.2, 0.25) is 5.91 Å². The van der Waals surface area contributed by atoms with Gasteiger partial charge in [-0.25, -0.2) is 0 Å². The second-order valence-corrected chi connectivity index (χ2v) is 5.19. The highest BCUT2D eigenvalue weighted by Gasteiger charge is 2.45. The number of rotatable bonds is 3. The van der Waals surface area contributed by atoms with E-state index < -0.39 is 0 Å². The maximum absolute atomic E-state index is 11.9. The number of hydrogen-bond donors (Lipinski definition) is 1. The summed E-state index contributed by atoms with van der Waals surface area (Å²) in [6, 6.07) is 0. The highest BCUT2D eigenvalue weighted by molar-refractivity contribution is 6.19. The predicted molar refractivity (Wildman–Crippen MR) is 57.3 cm³/mol. The zero-order valence-corrected chi connectivity index (χ0v) is 9.44. The van der Waals surface area contributed by atoms with Crippen LogP contribution in [-0.4, -0.2) is 17.3 Å². The molecule has 1 amide bonds. The molecule has 0 aromatic rings. The molecule has 2 rings (SSSR count). The molecule has 3 heteroatoms. The summed E-state index contributed by atoms with van der Waals surface area (Å²) in [6.07, 6.45) is 5.58. The summed E-state index contributed by atoms with van der Waals surface area (Å²) in [5.41, 5.74) is -0.0268. The Morgan fingerprint density at radius 3 is 2.64 bits per heavy atom. The molecule has 0 aromatic carbocycles. The molecule has 0 heterocycles. The zero-order chi connectivity index (χ0) is 10.2. The average molecular weight is 216 g/mol. The molecule has 0 bridgehead atoms. The van der Waals surface area contributed by atoms with Crippen LogP contribution in [0.2, 0.25) is 0 Å². The molecule has 0 aromatic heterocycles. The van der Waals surface area contributed by atoms with Crippen molar-refractivity contribution in [1.29, 1.82) is 0 Å². The molecule has 2 saturated carbocycles. The summed E-state index contributed by atoms with van der Waals surface area (Å²) in [5.74, 6) is 1.62. The van der Waals surface area contributed by atoms with Crippen molar-refractivity contribution in [3.63, 3.8) is 0 Å². The molecule has 80 valence electrons. The van der Waals surface area contributed by atoms with Crippen molar-refractivity contribution >= 4 is 17.5 Å². The Kier molecular flexibility index (Phi) is 2.74. The number of hydrogen-bond acceptors (Lipinski definition) is 1. The average Bonchev–Trinajstić information content (AvgIpc) is 2.80. The lowest BCUT2D eigenvalue weighted by atomic mass is 9.97. The lowest BCUT2D eigenvalue weighted by Crippen LogP contribution is -2.42. The molecule has 0 spiro atoms. The largest absolute Gasteiger partial charge is 0.349 e. The monoisotopic (exact) mass is 215 g/mol. The van der Waals surface area contributed by atoms with E-state index in [1.807, 2.05) is 0 Å². The van der Waals surface area contributed by atoms with Gasteiger partial charge in [-0.1, -0.05) is 13.3 Å². The van der Waals surface area contributed by atoms with Crippen molar-refractivity contribution in [3.05, 3.63) is 0 Å². The van der Waals surface area contributed by atoms with E-state index in [1.165, 1.54) is 12.8 Å². The quantitative estimate of drug-likeness (QED) is 0.720. The second-order valence-electron chi connectivity index (χ2n) is 4.92. The standard InChI is InChI=1S/C11H18ClNO/c1-8-3-2-4-9(8)10(14)13-11(7-12)5-6-11/h8-9H,2-7H2,1H3,(H,13,14). The van der Waals surface area contributed by atoms with Gasteiger partial charge in [0.15, 0.2) is 0 Å². The molecule has 2 aliphatic carbocycles. The third-order valence-corrected chi connectivity index (χ3v) is 4.21. The Bertz CT molecular complexity index is 237. The maximum atomic E-state index is 11.9. The predicted octanol–water partition coefficient (Wildman–Crippen LogP) is 2.31. The summed E-state index contributed by atoms with van der Waals surface area (Å²) in [5, 5.41) is 3.12. The molecule has 2 atom stereocenters. The van der Waals surface area contributed by atoms with Crippen molar-refractivity contribution in [1.82, 2.24) is 5.32 Å². The van der Waals surface area contributed by atoms with Crippen LogP contribution in [0.3, 0.4) is 0 Å². The smallest absolute Gasteiger partial charge is 0.223 e. The maximum Gasteiger partial charge on any atom is 0.223 e. The molecule has 0 saturated heterocycles. The molecule has 14 heavy (non-hydrogen) atoms. The van der Waals surface area contributed by atoms with E-state index in [2.05, 4.69) is 12.2 Å².